The summed E-state index contributed by atoms with van der Waals surface area (Å²) in [5.41, 5.74) is 8.59. The van der Waals surface area contributed by atoms with Gasteiger partial charge in [0.15, 0.2) is 0 Å². The van der Waals surface area contributed by atoms with Crippen LogP contribution in [0.3, 0.4) is 0 Å². The Hall–Kier alpha value is -7.62. The molecule has 0 aliphatic heterocycles. The van der Waals surface area contributed by atoms with Gasteiger partial charge in [-0.2, -0.15) is 0 Å². The third-order valence-corrected chi connectivity index (χ3v) is 11.8. The number of rotatable bonds is 4. The fraction of sp³-hybridized carbons (Fsp3) is 0. The number of nitrogens with zero attached hydrogens (tertiary/aromatic N) is 3. The zero-order valence-electron chi connectivity index (χ0n) is 30.9. The molecule has 0 bridgehead atoms. The first-order valence-corrected chi connectivity index (χ1v) is 19.5. The molecule has 2 heterocycles. The Morgan fingerprint density at radius 1 is 0.351 bits per heavy atom. The maximum atomic E-state index is 5.54. The van der Waals surface area contributed by atoms with E-state index in [4.69, 9.17) is 9.97 Å². The average Bonchev–Trinajstić information content (AvgIpc) is 3.69. The highest BCUT2D eigenvalue weighted by atomic mass is 15.1. The second kappa shape index (κ2) is 12.5. The Morgan fingerprint density at radius 2 is 0.789 bits per heavy atom. The van der Waals surface area contributed by atoms with Crippen molar-refractivity contribution in [2.75, 3.05) is 0 Å². The third-order valence-electron chi connectivity index (χ3n) is 11.8. The van der Waals surface area contributed by atoms with E-state index in [0.29, 0.717) is 0 Å². The van der Waals surface area contributed by atoms with Crippen molar-refractivity contribution in [3.63, 3.8) is 0 Å². The molecule has 0 saturated heterocycles. The standard InChI is InChI=1S/C54H33N3/c1-5-17-41-36(13-1)31-37-14-2-6-18-42(37)50(41)34-25-27-35(28-26-34)54-56-52-47-23-11-9-21-45(47)46-22-10-12-24-48(46)53(52)57(54)40-29-30-49(55-33-40)51-43-19-7-3-15-38(43)32-39-16-4-8-20-44(39)51/h1-33H. The predicted molar refractivity (Wildman–Crippen MR) is 240 cm³/mol. The second-order valence-electron chi connectivity index (χ2n) is 14.9. The maximum absolute atomic E-state index is 5.54. The summed E-state index contributed by atoms with van der Waals surface area (Å²) in [6, 6.07) is 69.9. The second-order valence-corrected chi connectivity index (χ2v) is 14.9. The quantitative estimate of drug-likeness (QED) is 0.134. The smallest absolute Gasteiger partial charge is 0.145 e. The van der Waals surface area contributed by atoms with Gasteiger partial charge in [0.2, 0.25) is 0 Å². The fourth-order valence-corrected chi connectivity index (χ4v) is 9.22. The van der Waals surface area contributed by atoms with Crippen molar-refractivity contribution >= 4 is 75.7 Å². The minimum atomic E-state index is 0.881. The summed E-state index contributed by atoms with van der Waals surface area (Å²) < 4.78 is 2.32. The van der Waals surface area contributed by atoms with Crippen molar-refractivity contribution in [2.24, 2.45) is 0 Å². The summed E-state index contributed by atoms with van der Waals surface area (Å²) >= 11 is 0. The maximum Gasteiger partial charge on any atom is 0.145 e. The lowest BCUT2D eigenvalue weighted by Crippen LogP contribution is -2.00. The van der Waals surface area contributed by atoms with Crippen LogP contribution in [0.2, 0.25) is 0 Å². The molecule has 12 rings (SSSR count). The average molecular weight is 724 g/mol. The lowest BCUT2D eigenvalue weighted by atomic mass is 9.91. The molecule has 10 aromatic carbocycles. The van der Waals surface area contributed by atoms with Crippen molar-refractivity contribution in [2.45, 2.75) is 0 Å². The number of hydrogen-bond acceptors (Lipinski definition) is 2. The molecule has 2 aromatic heterocycles. The molecule has 3 heteroatoms. The first kappa shape index (κ1) is 31.7. The van der Waals surface area contributed by atoms with E-state index < -0.39 is 0 Å². The van der Waals surface area contributed by atoms with Crippen LogP contribution in [-0.4, -0.2) is 14.5 Å². The van der Waals surface area contributed by atoms with Crippen molar-refractivity contribution < 1.29 is 0 Å². The van der Waals surface area contributed by atoms with Gasteiger partial charge in [-0.3, -0.25) is 9.55 Å². The van der Waals surface area contributed by atoms with Gasteiger partial charge < -0.3 is 0 Å². The lowest BCUT2D eigenvalue weighted by Gasteiger charge is -2.15. The molecule has 0 spiro atoms. The van der Waals surface area contributed by atoms with E-state index in [1.165, 1.54) is 65.0 Å². The van der Waals surface area contributed by atoms with E-state index in [2.05, 4.69) is 199 Å². The first-order valence-electron chi connectivity index (χ1n) is 19.5. The van der Waals surface area contributed by atoms with Gasteiger partial charge in [-0.15, -0.1) is 0 Å². The highest BCUT2D eigenvalue weighted by molar-refractivity contribution is 6.24. The predicted octanol–water partition coefficient (Wildman–Crippen LogP) is 14.3. The van der Waals surface area contributed by atoms with Gasteiger partial charge >= 0.3 is 0 Å². The molecule has 12 aromatic rings. The molecule has 0 unspecified atom stereocenters. The summed E-state index contributed by atoms with van der Waals surface area (Å²) in [5.74, 6) is 0.881. The van der Waals surface area contributed by atoms with E-state index in [-0.39, 0.29) is 0 Å². The molecule has 3 nitrogen and oxygen atoms in total. The van der Waals surface area contributed by atoms with E-state index >= 15 is 0 Å². The molecular weight excluding hydrogens is 691 g/mol. The van der Waals surface area contributed by atoms with Crippen molar-refractivity contribution in [3.05, 3.63) is 200 Å². The van der Waals surface area contributed by atoms with Crippen LogP contribution < -0.4 is 0 Å². The minimum absolute atomic E-state index is 0.881. The highest BCUT2D eigenvalue weighted by Gasteiger charge is 2.21. The molecule has 0 fully saturated rings. The Morgan fingerprint density at radius 3 is 1.32 bits per heavy atom. The molecule has 57 heavy (non-hydrogen) atoms. The molecule has 0 saturated carbocycles. The fourth-order valence-electron chi connectivity index (χ4n) is 9.22. The van der Waals surface area contributed by atoms with Gasteiger partial charge in [-0.1, -0.05) is 170 Å². The number of benzene rings is 10. The largest absolute Gasteiger partial charge is 0.290 e. The van der Waals surface area contributed by atoms with Crippen LogP contribution in [0.5, 0.6) is 0 Å². The molecule has 0 aliphatic rings. The van der Waals surface area contributed by atoms with Gasteiger partial charge in [0.25, 0.3) is 0 Å². The third kappa shape index (κ3) is 4.86. The van der Waals surface area contributed by atoms with Crippen LogP contribution in [-0.2, 0) is 0 Å². The number of pyridine rings is 1. The minimum Gasteiger partial charge on any atom is -0.290 e. The Bertz CT molecular complexity index is 3450. The molecular formula is C54H33N3. The highest BCUT2D eigenvalue weighted by Crippen LogP contribution is 2.42. The van der Waals surface area contributed by atoms with Crippen molar-refractivity contribution in [1.82, 2.24) is 14.5 Å². The Labute approximate surface area is 328 Å². The zero-order chi connectivity index (χ0) is 37.5. The number of hydrogen-bond donors (Lipinski definition) is 0. The van der Waals surface area contributed by atoms with Crippen molar-refractivity contribution in [1.29, 1.82) is 0 Å². The first-order chi connectivity index (χ1) is 28.3. The van der Waals surface area contributed by atoms with E-state index in [0.717, 1.165) is 50.1 Å². The van der Waals surface area contributed by atoms with Crippen molar-refractivity contribution in [3.8, 4) is 39.5 Å². The normalized spacial score (nSPS) is 11.9. The molecule has 0 atom stereocenters. The van der Waals surface area contributed by atoms with E-state index in [9.17, 15) is 0 Å². The summed E-state index contributed by atoms with van der Waals surface area (Å²) in [5, 5.41) is 14.5. The lowest BCUT2D eigenvalue weighted by molar-refractivity contribution is 1.09. The summed E-state index contributed by atoms with van der Waals surface area (Å²) in [6.07, 6.45) is 2.02. The zero-order valence-corrected chi connectivity index (χ0v) is 30.9. The van der Waals surface area contributed by atoms with Crippen LogP contribution in [0.4, 0.5) is 0 Å². The van der Waals surface area contributed by atoms with Gasteiger partial charge in [-0.05, 0) is 89.3 Å². The van der Waals surface area contributed by atoms with Gasteiger partial charge in [-0.25, -0.2) is 4.98 Å². The number of aromatic nitrogens is 3. The van der Waals surface area contributed by atoms with Gasteiger partial charge in [0, 0.05) is 21.9 Å². The van der Waals surface area contributed by atoms with E-state index in [1.54, 1.807) is 0 Å². The molecule has 0 N–H and O–H groups in total. The summed E-state index contributed by atoms with van der Waals surface area (Å²) in [7, 11) is 0. The summed E-state index contributed by atoms with van der Waals surface area (Å²) in [6.45, 7) is 0. The van der Waals surface area contributed by atoms with Crippen LogP contribution in [0.15, 0.2) is 200 Å². The SMILES string of the molecule is c1ccc2c(-c3ccc(-c4nc5c6ccccc6c6ccccc6c5n4-c4ccc(-c5c6ccccc6cc6ccccc56)nc4)cc3)c3ccccc3cc2c1. The monoisotopic (exact) mass is 723 g/mol. The Balaban J connectivity index is 1.10. The van der Waals surface area contributed by atoms with Crippen LogP contribution in [0, 0.1) is 0 Å². The summed E-state index contributed by atoms with van der Waals surface area (Å²) in [4.78, 5) is 10.8. The Kier molecular flexibility index (Phi) is 6.93. The molecule has 264 valence electrons. The van der Waals surface area contributed by atoms with Gasteiger partial charge in [0.1, 0.15) is 5.82 Å². The van der Waals surface area contributed by atoms with Crippen LogP contribution in [0.1, 0.15) is 0 Å². The van der Waals surface area contributed by atoms with Gasteiger partial charge in [0.05, 0.1) is 28.6 Å². The van der Waals surface area contributed by atoms with E-state index in [1.807, 2.05) is 6.20 Å². The number of fused-ring (bicyclic) bond motifs is 10. The number of imidazole rings is 1. The molecule has 0 radical (unpaired) electrons. The molecule has 0 aliphatic carbocycles. The van der Waals surface area contributed by atoms with Crippen LogP contribution >= 0.6 is 0 Å². The molecule has 0 amide bonds. The van der Waals surface area contributed by atoms with Crippen LogP contribution in [0.25, 0.3) is 115 Å². The topological polar surface area (TPSA) is 30.7 Å².